The van der Waals surface area contributed by atoms with E-state index in [1.165, 1.54) is 6.33 Å². The van der Waals surface area contributed by atoms with Gasteiger partial charge in [-0.1, -0.05) is 6.92 Å². The van der Waals surface area contributed by atoms with Crippen molar-refractivity contribution in [3.05, 3.63) is 24.5 Å². The number of H-pyrrole nitrogens is 1. The highest BCUT2D eigenvalue weighted by molar-refractivity contribution is 5.50. The minimum absolute atomic E-state index is 0.650. The van der Waals surface area contributed by atoms with Gasteiger partial charge in [-0.3, -0.25) is 5.10 Å². The lowest BCUT2D eigenvalue weighted by molar-refractivity contribution is 0.946. The summed E-state index contributed by atoms with van der Waals surface area (Å²) in [6.45, 7) is 2.02. The van der Waals surface area contributed by atoms with Crippen LogP contribution in [0.5, 0.6) is 0 Å². The lowest BCUT2D eigenvalue weighted by Crippen LogP contribution is -1.84. The highest BCUT2D eigenvalue weighted by Gasteiger charge is 2.03. The molecule has 5 heteroatoms. The molecule has 0 atom stereocenters. The molecule has 0 aliphatic carbocycles. The topological polar surface area (TPSA) is 67.3 Å². The molecule has 66 valence electrons. The number of aromatic nitrogens is 5. The summed E-state index contributed by atoms with van der Waals surface area (Å²) in [4.78, 5) is 12.0. The Labute approximate surface area is 75.3 Å². The van der Waals surface area contributed by atoms with Gasteiger partial charge in [0, 0.05) is 18.8 Å². The minimum atomic E-state index is 0.650. The van der Waals surface area contributed by atoms with Gasteiger partial charge in [-0.05, 0) is 0 Å². The fourth-order valence-corrected chi connectivity index (χ4v) is 0.997. The van der Waals surface area contributed by atoms with Crippen LogP contribution in [0, 0.1) is 0 Å². The Morgan fingerprint density at radius 2 is 2.08 bits per heavy atom. The van der Waals surface area contributed by atoms with Crippen molar-refractivity contribution in [2.24, 2.45) is 0 Å². The van der Waals surface area contributed by atoms with Gasteiger partial charge in [0.05, 0.1) is 5.56 Å². The van der Waals surface area contributed by atoms with Crippen LogP contribution in [0.2, 0.25) is 0 Å². The maximum atomic E-state index is 4.25. The molecule has 0 saturated carbocycles. The van der Waals surface area contributed by atoms with Crippen LogP contribution >= 0.6 is 0 Å². The lowest BCUT2D eigenvalue weighted by atomic mass is 10.3. The molecular weight excluding hydrogens is 166 g/mol. The zero-order valence-corrected chi connectivity index (χ0v) is 7.23. The molecule has 0 radical (unpaired) electrons. The molecule has 0 fully saturated rings. The van der Waals surface area contributed by atoms with E-state index in [4.69, 9.17) is 0 Å². The summed E-state index contributed by atoms with van der Waals surface area (Å²) in [7, 11) is 0. The van der Waals surface area contributed by atoms with E-state index in [0.29, 0.717) is 5.82 Å². The molecular formula is C8H9N5. The molecule has 0 bridgehead atoms. The maximum absolute atomic E-state index is 4.25. The van der Waals surface area contributed by atoms with Gasteiger partial charge in [0.15, 0.2) is 5.82 Å². The standard InChI is InChI=1S/C8H9N5/c1-2-7-11-8(13-12-7)6-3-9-5-10-4-6/h3-5H,2H2,1H3,(H,11,12,13). The fourth-order valence-electron chi connectivity index (χ4n) is 0.997. The number of hydrogen-bond donors (Lipinski definition) is 1. The Kier molecular flexibility index (Phi) is 1.99. The lowest BCUT2D eigenvalue weighted by Gasteiger charge is -1.89. The predicted molar refractivity (Wildman–Crippen MR) is 46.8 cm³/mol. The highest BCUT2D eigenvalue weighted by Crippen LogP contribution is 2.10. The number of aryl methyl sites for hydroxylation is 1. The van der Waals surface area contributed by atoms with Crippen molar-refractivity contribution in [3.63, 3.8) is 0 Å². The third kappa shape index (κ3) is 1.53. The second-order valence-electron chi connectivity index (χ2n) is 2.59. The summed E-state index contributed by atoms with van der Waals surface area (Å²) in [6, 6.07) is 0. The van der Waals surface area contributed by atoms with E-state index < -0.39 is 0 Å². The summed E-state index contributed by atoms with van der Waals surface area (Å²) in [5.41, 5.74) is 0.832. The van der Waals surface area contributed by atoms with Crippen molar-refractivity contribution >= 4 is 0 Å². The molecule has 13 heavy (non-hydrogen) atoms. The monoisotopic (exact) mass is 175 g/mol. The first-order valence-electron chi connectivity index (χ1n) is 4.07. The summed E-state index contributed by atoms with van der Waals surface area (Å²) in [6.07, 6.45) is 5.71. The third-order valence-corrected chi connectivity index (χ3v) is 1.69. The van der Waals surface area contributed by atoms with Gasteiger partial charge in [-0.2, -0.15) is 5.10 Å². The van der Waals surface area contributed by atoms with Crippen LogP contribution in [-0.4, -0.2) is 25.1 Å². The summed E-state index contributed by atoms with van der Waals surface area (Å²) >= 11 is 0. The van der Waals surface area contributed by atoms with E-state index in [-0.39, 0.29) is 0 Å². The van der Waals surface area contributed by atoms with Crippen molar-refractivity contribution in [2.75, 3.05) is 0 Å². The molecule has 0 unspecified atom stereocenters. The van der Waals surface area contributed by atoms with E-state index in [9.17, 15) is 0 Å². The minimum Gasteiger partial charge on any atom is -0.263 e. The van der Waals surface area contributed by atoms with Gasteiger partial charge in [-0.15, -0.1) is 0 Å². The van der Waals surface area contributed by atoms with E-state index >= 15 is 0 Å². The quantitative estimate of drug-likeness (QED) is 0.733. The largest absolute Gasteiger partial charge is 0.263 e. The second-order valence-corrected chi connectivity index (χ2v) is 2.59. The molecule has 2 aromatic rings. The van der Waals surface area contributed by atoms with Gasteiger partial charge >= 0.3 is 0 Å². The summed E-state index contributed by atoms with van der Waals surface area (Å²) in [5.74, 6) is 1.52. The maximum Gasteiger partial charge on any atom is 0.184 e. The molecule has 0 saturated heterocycles. The Morgan fingerprint density at radius 1 is 1.31 bits per heavy atom. The first-order chi connectivity index (χ1) is 6.40. The smallest absolute Gasteiger partial charge is 0.184 e. The zero-order chi connectivity index (χ0) is 9.10. The third-order valence-electron chi connectivity index (χ3n) is 1.69. The molecule has 2 heterocycles. The van der Waals surface area contributed by atoms with Crippen molar-refractivity contribution in [2.45, 2.75) is 13.3 Å². The summed E-state index contributed by atoms with van der Waals surface area (Å²) < 4.78 is 0. The van der Waals surface area contributed by atoms with Crippen LogP contribution < -0.4 is 0 Å². The van der Waals surface area contributed by atoms with Gasteiger partial charge in [0.2, 0.25) is 0 Å². The van der Waals surface area contributed by atoms with Gasteiger partial charge < -0.3 is 0 Å². The van der Waals surface area contributed by atoms with E-state index in [1.807, 2.05) is 6.92 Å². The molecule has 0 aliphatic rings. The van der Waals surface area contributed by atoms with E-state index in [2.05, 4.69) is 25.1 Å². The van der Waals surface area contributed by atoms with Crippen LogP contribution in [0.15, 0.2) is 18.7 Å². The van der Waals surface area contributed by atoms with Crippen LogP contribution in [-0.2, 0) is 6.42 Å². The van der Waals surface area contributed by atoms with Crippen molar-refractivity contribution < 1.29 is 0 Å². The second kappa shape index (κ2) is 3.30. The Morgan fingerprint density at radius 3 is 2.69 bits per heavy atom. The Balaban J connectivity index is 2.36. The molecule has 5 nitrogen and oxygen atoms in total. The van der Waals surface area contributed by atoms with Crippen LogP contribution in [0.4, 0.5) is 0 Å². The number of rotatable bonds is 2. The Hall–Kier alpha value is -1.78. The molecule has 0 spiro atoms. The van der Waals surface area contributed by atoms with Gasteiger partial charge in [0.1, 0.15) is 12.2 Å². The molecule has 2 rings (SSSR count). The first-order valence-corrected chi connectivity index (χ1v) is 4.07. The Bertz CT molecular complexity index is 380. The van der Waals surface area contributed by atoms with Crippen molar-refractivity contribution in [3.8, 4) is 11.4 Å². The van der Waals surface area contributed by atoms with E-state index in [1.54, 1.807) is 12.4 Å². The van der Waals surface area contributed by atoms with Crippen LogP contribution in [0.1, 0.15) is 12.7 Å². The van der Waals surface area contributed by atoms with Crippen LogP contribution in [0.3, 0.4) is 0 Å². The fraction of sp³-hybridized carbons (Fsp3) is 0.250. The highest BCUT2D eigenvalue weighted by atomic mass is 15.2. The molecule has 2 aromatic heterocycles. The van der Waals surface area contributed by atoms with Gasteiger partial charge in [0.25, 0.3) is 0 Å². The zero-order valence-electron chi connectivity index (χ0n) is 7.23. The average molecular weight is 175 g/mol. The SMILES string of the molecule is CCc1nc(-c2cncnc2)n[nH]1. The van der Waals surface area contributed by atoms with Crippen molar-refractivity contribution in [1.29, 1.82) is 0 Å². The van der Waals surface area contributed by atoms with Crippen LogP contribution in [0.25, 0.3) is 11.4 Å². The normalized spacial score (nSPS) is 10.2. The first kappa shape index (κ1) is 7.85. The predicted octanol–water partition coefficient (Wildman–Crippen LogP) is 0.824. The molecule has 0 aliphatic heterocycles. The molecule has 0 amide bonds. The van der Waals surface area contributed by atoms with E-state index in [0.717, 1.165) is 17.8 Å². The molecule has 1 N–H and O–H groups in total. The number of aromatic amines is 1. The van der Waals surface area contributed by atoms with Gasteiger partial charge in [-0.25, -0.2) is 15.0 Å². The molecule has 0 aromatic carbocycles. The number of nitrogens with zero attached hydrogens (tertiary/aromatic N) is 4. The number of nitrogens with one attached hydrogen (secondary N) is 1. The number of hydrogen-bond acceptors (Lipinski definition) is 4. The summed E-state index contributed by atoms with van der Waals surface area (Å²) in [5, 5.41) is 6.88. The van der Waals surface area contributed by atoms with Crippen molar-refractivity contribution in [1.82, 2.24) is 25.1 Å². The average Bonchev–Trinajstić information content (AvgIpc) is 2.67.